The molecule has 0 saturated carbocycles. The highest BCUT2D eigenvalue weighted by Gasteiger charge is 2.19. The smallest absolute Gasteiger partial charge is 0.119 e. The van der Waals surface area contributed by atoms with E-state index in [1.54, 1.807) is 12.1 Å². The maximum atomic E-state index is 8.73. The third kappa shape index (κ3) is 4.49. The maximum absolute atomic E-state index is 8.73. The fourth-order valence-corrected chi connectivity index (χ4v) is 2.25. The molecule has 5 nitrogen and oxygen atoms in total. The molecule has 5 heteroatoms. The maximum Gasteiger partial charge on any atom is 0.119 e. The predicted octanol–water partition coefficient (Wildman–Crippen LogP) is 0.857. The van der Waals surface area contributed by atoms with Crippen molar-refractivity contribution in [2.45, 2.75) is 6.10 Å². The predicted molar refractivity (Wildman–Crippen MR) is 76.8 cm³/mol. The summed E-state index contributed by atoms with van der Waals surface area (Å²) in [6.07, 6.45) is 0.267. The van der Waals surface area contributed by atoms with E-state index in [9.17, 15) is 0 Å². The SMILES string of the molecule is CNCC1CN(CCOc2ccc(C#N)cc2)CCO1. The van der Waals surface area contributed by atoms with Crippen LogP contribution < -0.4 is 10.1 Å². The molecule has 0 spiro atoms. The number of ether oxygens (including phenoxy) is 2. The van der Waals surface area contributed by atoms with Crippen molar-refractivity contribution in [3.05, 3.63) is 29.8 Å². The zero-order chi connectivity index (χ0) is 14.2. The molecule has 1 atom stereocenters. The summed E-state index contributed by atoms with van der Waals surface area (Å²) in [4.78, 5) is 2.36. The lowest BCUT2D eigenvalue weighted by Gasteiger charge is -2.32. The Morgan fingerprint density at radius 2 is 2.25 bits per heavy atom. The van der Waals surface area contributed by atoms with Crippen LogP contribution in [0.2, 0.25) is 0 Å². The van der Waals surface area contributed by atoms with Crippen LogP contribution in [0.15, 0.2) is 24.3 Å². The first-order valence-electron chi connectivity index (χ1n) is 6.93. The number of morpholine rings is 1. The van der Waals surface area contributed by atoms with Crippen molar-refractivity contribution in [2.75, 3.05) is 46.4 Å². The number of nitriles is 1. The molecule has 1 unspecified atom stereocenters. The summed E-state index contributed by atoms with van der Waals surface area (Å²) in [6, 6.07) is 9.31. The topological polar surface area (TPSA) is 57.5 Å². The minimum Gasteiger partial charge on any atom is -0.492 e. The zero-order valence-electron chi connectivity index (χ0n) is 11.8. The van der Waals surface area contributed by atoms with Crippen LogP contribution in [0.5, 0.6) is 5.75 Å². The van der Waals surface area contributed by atoms with Gasteiger partial charge in [0.2, 0.25) is 0 Å². The van der Waals surface area contributed by atoms with Crippen LogP contribution in [-0.2, 0) is 4.74 Å². The van der Waals surface area contributed by atoms with Gasteiger partial charge in [0.15, 0.2) is 0 Å². The van der Waals surface area contributed by atoms with Crippen molar-refractivity contribution in [1.29, 1.82) is 5.26 Å². The summed E-state index contributed by atoms with van der Waals surface area (Å²) in [6.45, 7) is 5.10. The molecule has 0 aliphatic carbocycles. The lowest BCUT2D eigenvalue weighted by atomic mass is 10.2. The minimum absolute atomic E-state index is 0.267. The molecule has 1 aliphatic rings. The quantitative estimate of drug-likeness (QED) is 0.834. The van der Waals surface area contributed by atoms with Crippen LogP contribution in [0.25, 0.3) is 0 Å². The highest BCUT2D eigenvalue weighted by molar-refractivity contribution is 5.34. The standard InChI is InChI=1S/C15H21N3O2/c1-17-11-15-12-18(7-9-20-15)6-8-19-14-4-2-13(10-16)3-5-14/h2-5,15,17H,6-9,11-12H2,1H3. The van der Waals surface area contributed by atoms with E-state index >= 15 is 0 Å². The minimum atomic E-state index is 0.267. The van der Waals surface area contributed by atoms with Gasteiger partial charge in [0, 0.05) is 26.2 Å². The molecule has 0 bridgehead atoms. The van der Waals surface area contributed by atoms with Gasteiger partial charge >= 0.3 is 0 Å². The Kier molecular flexibility index (Phi) is 5.81. The summed E-state index contributed by atoms with van der Waals surface area (Å²) in [5, 5.41) is 11.9. The van der Waals surface area contributed by atoms with E-state index < -0.39 is 0 Å². The number of benzene rings is 1. The van der Waals surface area contributed by atoms with Crippen molar-refractivity contribution in [3.8, 4) is 11.8 Å². The fraction of sp³-hybridized carbons (Fsp3) is 0.533. The summed E-state index contributed by atoms with van der Waals surface area (Å²) in [5.74, 6) is 0.809. The normalized spacial score (nSPS) is 19.5. The zero-order valence-corrected chi connectivity index (χ0v) is 11.8. The van der Waals surface area contributed by atoms with Gasteiger partial charge in [-0.1, -0.05) is 0 Å². The van der Waals surface area contributed by atoms with Gasteiger partial charge in [-0.25, -0.2) is 0 Å². The molecule has 1 saturated heterocycles. The van der Waals surface area contributed by atoms with E-state index in [-0.39, 0.29) is 6.10 Å². The molecular weight excluding hydrogens is 254 g/mol. The van der Waals surface area contributed by atoms with Gasteiger partial charge in [-0.2, -0.15) is 5.26 Å². The van der Waals surface area contributed by atoms with Crippen LogP contribution in [0, 0.1) is 11.3 Å². The lowest BCUT2D eigenvalue weighted by molar-refractivity contribution is -0.0291. The molecule has 1 aromatic rings. The average Bonchev–Trinajstić information content (AvgIpc) is 2.49. The molecule has 0 radical (unpaired) electrons. The van der Waals surface area contributed by atoms with Crippen molar-refractivity contribution < 1.29 is 9.47 Å². The molecule has 1 aromatic carbocycles. The second-order valence-corrected chi connectivity index (χ2v) is 4.84. The molecule has 0 amide bonds. The van der Waals surface area contributed by atoms with Gasteiger partial charge < -0.3 is 14.8 Å². The third-order valence-electron chi connectivity index (χ3n) is 3.31. The van der Waals surface area contributed by atoms with Gasteiger partial charge in [-0.3, -0.25) is 4.90 Å². The van der Waals surface area contributed by atoms with Crippen LogP contribution in [0.3, 0.4) is 0 Å². The van der Waals surface area contributed by atoms with E-state index in [2.05, 4.69) is 16.3 Å². The highest BCUT2D eigenvalue weighted by atomic mass is 16.5. The number of rotatable bonds is 6. The van der Waals surface area contributed by atoms with E-state index in [4.69, 9.17) is 14.7 Å². The number of hydrogen-bond acceptors (Lipinski definition) is 5. The number of nitrogens with zero attached hydrogens (tertiary/aromatic N) is 2. The van der Waals surface area contributed by atoms with Gasteiger partial charge in [0.05, 0.1) is 24.3 Å². The molecule has 1 N–H and O–H groups in total. The van der Waals surface area contributed by atoms with Gasteiger partial charge in [0.1, 0.15) is 12.4 Å². The summed E-state index contributed by atoms with van der Waals surface area (Å²) >= 11 is 0. The summed E-state index contributed by atoms with van der Waals surface area (Å²) in [5.41, 5.74) is 0.653. The molecule has 20 heavy (non-hydrogen) atoms. The largest absolute Gasteiger partial charge is 0.492 e. The van der Waals surface area contributed by atoms with E-state index in [1.165, 1.54) is 0 Å². The van der Waals surface area contributed by atoms with Crippen molar-refractivity contribution >= 4 is 0 Å². The highest BCUT2D eigenvalue weighted by Crippen LogP contribution is 2.12. The molecule has 1 fully saturated rings. The number of nitrogens with one attached hydrogen (secondary N) is 1. The first kappa shape index (κ1) is 14.8. The Morgan fingerprint density at radius 3 is 2.95 bits per heavy atom. The van der Waals surface area contributed by atoms with Crippen LogP contribution in [-0.4, -0.2) is 57.4 Å². The van der Waals surface area contributed by atoms with Crippen molar-refractivity contribution in [3.63, 3.8) is 0 Å². The monoisotopic (exact) mass is 275 g/mol. The van der Waals surface area contributed by atoms with E-state index in [0.29, 0.717) is 12.2 Å². The van der Waals surface area contributed by atoms with Gasteiger partial charge in [-0.05, 0) is 31.3 Å². The van der Waals surface area contributed by atoms with Crippen molar-refractivity contribution in [2.24, 2.45) is 0 Å². The molecule has 1 heterocycles. The molecule has 2 rings (SSSR count). The third-order valence-corrected chi connectivity index (χ3v) is 3.31. The van der Waals surface area contributed by atoms with E-state index in [0.717, 1.165) is 38.5 Å². The summed E-state index contributed by atoms with van der Waals surface area (Å²) in [7, 11) is 1.94. The second-order valence-electron chi connectivity index (χ2n) is 4.84. The number of hydrogen-bond donors (Lipinski definition) is 1. The Labute approximate surface area is 120 Å². The van der Waals surface area contributed by atoms with Crippen molar-refractivity contribution in [1.82, 2.24) is 10.2 Å². The Balaban J connectivity index is 1.71. The number of likely N-dealkylation sites (N-methyl/N-ethyl adjacent to an activating group) is 1. The Hall–Kier alpha value is -1.61. The lowest BCUT2D eigenvalue weighted by Crippen LogP contribution is -2.47. The molecule has 0 aromatic heterocycles. The summed E-state index contributed by atoms with van der Waals surface area (Å²) < 4.78 is 11.4. The van der Waals surface area contributed by atoms with Crippen LogP contribution in [0.1, 0.15) is 5.56 Å². The molecular formula is C15H21N3O2. The first-order chi connectivity index (χ1) is 9.81. The average molecular weight is 275 g/mol. The Morgan fingerprint density at radius 1 is 1.45 bits per heavy atom. The molecule has 1 aliphatic heterocycles. The van der Waals surface area contributed by atoms with E-state index in [1.807, 2.05) is 19.2 Å². The first-order valence-corrected chi connectivity index (χ1v) is 6.93. The van der Waals surface area contributed by atoms with Crippen LogP contribution in [0.4, 0.5) is 0 Å². The van der Waals surface area contributed by atoms with Crippen LogP contribution >= 0.6 is 0 Å². The second kappa shape index (κ2) is 7.85. The Bertz CT molecular complexity index is 439. The molecule has 108 valence electrons. The van der Waals surface area contributed by atoms with Gasteiger partial charge in [0.25, 0.3) is 0 Å². The van der Waals surface area contributed by atoms with Gasteiger partial charge in [-0.15, -0.1) is 0 Å². The fourth-order valence-electron chi connectivity index (χ4n) is 2.25.